The van der Waals surface area contributed by atoms with E-state index < -0.39 is 54.7 Å². The second kappa shape index (κ2) is 7.84. The van der Waals surface area contributed by atoms with Crippen LogP contribution < -0.4 is 0 Å². The molecule has 0 N–H and O–H groups in total. The van der Waals surface area contributed by atoms with Crippen LogP contribution in [0.3, 0.4) is 0 Å². The normalized spacial score (nSPS) is 24.6. The summed E-state index contributed by atoms with van der Waals surface area (Å²) in [4.78, 5) is 45.3. The van der Waals surface area contributed by atoms with Gasteiger partial charge in [0, 0.05) is 20.8 Å². The molecule has 0 radical (unpaired) electrons. The van der Waals surface area contributed by atoms with E-state index in [1.54, 1.807) is 0 Å². The molecule has 0 amide bonds. The Morgan fingerprint density at radius 3 is 2.50 bits per heavy atom. The van der Waals surface area contributed by atoms with Gasteiger partial charge in [0.25, 0.3) is 0 Å². The molecule has 1 aliphatic rings. The van der Waals surface area contributed by atoms with Crippen molar-refractivity contribution in [3.05, 3.63) is 18.6 Å². The second-order valence-electron chi connectivity index (χ2n) is 5.94. The summed E-state index contributed by atoms with van der Waals surface area (Å²) in [7, 11) is 0. The average Bonchev–Trinajstić information content (AvgIpc) is 3.15. The van der Waals surface area contributed by atoms with Crippen molar-refractivity contribution in [2.24, 2.45) is 0 Å². The van der Waals surface area contributed by atoms with Gasteiger partial charge in [-0.3, -0.25) is 19.0 Å². The fraction of sp³-hybridized carbons (Fsp3) is 0.500. The molecule has 1 fully saturated rings. The molecule has 0 spiro atoms. The molecule has 2 aromatic rings. The molecule has 2 aromatic heterocycles. The van der Waals surface area contributed by atoms with E-state index in [9.17, 15) is 18.8 Å². The van der Waals surface area contributed by atoms with E-state index >= 15 is 0 Å². The van der Waals surface area contributed by atoms with Crippen molar-refractivity contribution in [2.45, 2.75) is 45.3 Å². The van der Waals surface area contributed by atoms with Gasteiger partial charge in [0.2, 0.25) is 0 Å². The summed E-state index contributed by atoms with van der Waals surface area (Å²) in [6, 6.07) is 0. The third-order valence-corrected chi connectivity index (χ3v) is 3.83. The number of rotatable bonds is 5. The standard InChI is InChI=1S/C16H17FN4O7/c1-7(22)25-5-11-12(26-8(2)23)13(27-9(3)24)15(28-11)21-6-19-10-4-18-16(17)20-14(10)21/h4,6,11-13,15H,5H2,1-3H3/t11-,12-,13-,15-/m1/s1/i4D. The molecule has 3 heterocycles. The Balaban J connectivity index is 2.04. The average molecular weight is 397 g/mol. The number of carbonyl (C=O) groups is 3. The van der Waals surface area contributed by atoms with Crippen LogP contribution in [0.15, 0.2) is 12.5 Å². The predicted octanol–water partition coefficient (Wildman–Crippen LogP) is 0.289. The van der Waals surface area contributed by atoms with Gasteiger partial charge in [-0.2, -0.15) is 9.37 Å². The van der Waals surface area contributed by atoms with Crippen molar-refractivity contribution in [3.63, 3.8) is 0 Å². The third kappa shape index (κ3) is 4.06. The molecule has 12 heteroatoms. The minimum absolute atomic E-state index is 0.0101. The lowest BCUT2D eigenvalue weighted by Gasteiger charge is -2.23. The summed E-state index contributed by atoms with van der Waals surface area (Å²) in [6.45, 7) is 3.20. The molecular weight excluding hydrogens is 379 g/mol. The van der Waals surface area contributed by atoms with Crippen molar-refractivity contribution in [1.82, 2.24) is 19.5 Å². The number of carbonyl (C=O) groups excluding carboxylic acids is 3. The molecule has 150 valence electrons. The number of fused-ring (bicyclic) bond motifs is 1. The van der Waals surface area contributed by atoms with Gasteiger partial charge in [0.15, 0.2) is 24.1 Å². The Morgan fingerprint density at radius 2 is 1.86 bits per heavy atom. The highest BCUT2D eigenvalue weighted by Gasteiger charge is 2.51. The summed E-state index contributed by atoms with van der Waals surface area (Å²) in [5.74, 6) is -1.97. The molecule has 0 saturated carbocycles. The lowest BCUT2D eigenvalue weighted by molar-refractivity contribution is -0.166. The first-order valence-electron chi connectivity index (χ1n) is 8.67. The van der Waals surface area contributed by atoms with E-state index in [0.717, 1.165) is 13.8 Å². The fourth-order valence-corrected chi connectivity index (χ4v) is 2.86. The van der Waals surface area contributed by atoms with E-state index in [-0.39, 0.29) is 17.8 Å². The maximum atomic E-state index is 13.6. The zero-order valence-corrected chi connectivity index (χ0v) is 15.1. The van der Waals surface area contributed by atoms with Crippen LogP contribution in [-0.2, 0) is 33.3 Å². The van der Waals surface area contributed by atoms with Gasteiger partial charge in [-0.05, 0) is 0 Å². The summed E-state index contributed by atoms with van der Waals surface area (Å²) in [6.07, 6.45) is -4.83. The molecular formula is C16H17FN4O7. The maximum Gasteiger partial charge on any atom is 0.310 e. The molecule has 0 unspecified atom stereocenters. The summed E-state index contributed by atoms with van der Waals surface area (Å²) < 4.78 is 43.9. The lowest BCUT2D eigenvalue weighted by Crippen LogP contribution is -2.40. The van der Waals surface area contributed by atoms with Crippen LogP contribution in [-0.4, -0.2) is 62.3 Å². The Kier molecular flexibility index (Phi) is 5.10. The second-order valence-corrected chi connectivity index (χ2v) is 5.94. The van der Waals surface area contributed by atoms with Crippen LogP contribution in [0.4, 0.5) is 4.39 Å². The highest BCUT2D eigenvalue weighted by molar-refractivity contribution is 5.70. The van der Waals surface area contributed by atoms with Crippen molar-refractivity contribution in [1.29, 1.82) is 0 Å². The van der Waals surface area contributed by atoms with Gasteiger partial charge in [-0.15, -0.1) is 0 Å². The number of ether oxygens (including phenoxy) is 4. The molecule has 0 aliphatic carbocycles. The molecule has 0 aromatic carbocycles. The number of halogens is 1. The molecule has 0 bridgehead atoms. The van der Waals surface area contributed by atoms with Gasteiger partial charge in [-0.25, -0.2) is 9.97 Å². The van der Waals surface area contributed by atoms with Crippen LogP contribution in [0.25, 0.3) is 11.2 Å². The van der Waals surface area contributed by atoms with E-state index in [2.05, 4.69) is 15.0 Å². The summed E-state index contributed by atoms with van der Waals surface area (Å²) in [5, 5.41) is 0. The van der Waals surface area contributed by atoms with E-state index in [1.807, 2.05) is 0 Å². The number of hydrogen-bond donors (Lipinski definition) is 0. The number of aromatic nitrogens is 4. The highest BCUT2D eigenvalue weighted by Crippen LogP contribution is 2.35. The Labute approximate surface area is 159 Å². The molecule has 3 rings (SSSR count). The van der Waals surface area contributed by atoms with Crippen molar-refractivity contribution < 1.29 is 39.1 Å². The number of esters is 3. The first kappa shape index (κ1) is 18.2. The SMILES string of the molecule is [2H]c1nc(F)nc2c1ncn2[C@@H]1O[C@H](COC(C)=O)[C@@H](OC(C)=O)[C@H]1OC(C)=O. The highest BCUT2D eigenvalue weighted by atomic mass is 19.1. The summed E-state index contributed by atoms with van der Waals surface area (Å²) >= 11 is 0. The zero-order valence-electron chi connectivity index (χ0n) is 16.1. The first-order chi connectivity index (χ1) is 13.7. The van der Waals surface area contributed by atoms with Crippen LogP contribution in [0.1, 0.15) is 28.4 Å². The minimum Gasteiger partial charge on any atom is -0.463 e. The van der Waals surface area contributed by atoms with Crippen molar-refractivity contribution in [3.8, 4) is 0 Å². The van der Waals surface area contributed by atoms with Gasteiger partial charge < -0.3 is 18.9 Å². The van der Waals surface area contributed by atoms with E-state index in [1.165, 1.54) is 17.8 Å². The maximum absolute atomic E-state index is 13.6. The van der Waals surface area contributed by atoms with Gasteiger partial charge in [0.1, 0.15) is 18.2 Å². The third-order valence-electron chi connectivity index (χ3n) is 3.83. The topological polar surface area (TPSA) is 132 Å². The molecule has 28 heavy (non-hydrogen) atoms. The number of hydrogen-bond acceptors (Lipinski definition) is 10. The predicted molar refractivity (Wildman–Crippen MR) is 86.9 cm³/mol. The number of nitrogens with zero attached hydrogens (tertiary/aromatic N) is 4. The Morgan fingerprint density at radius 1 is 1.18 bits per heavy atom. The van der Waals surface area contributed by atoms with Crippen LogP contribution in [0.2, 0.25) is 0 Å². The van der Waals surface area contributed by atoms with E-state index in [0.29, 0.717) is 0 Å². The monoisotopic (exact) mass is 397 g/mol. The molecule has 11 nitrogen and oxygen atoms in total. The summed E-state index contributed by atoms with van der Waals surface area (Å²) in [5.41, 5.74) is -0.0941. The largest absolute Gasteiger partial charge is 0.463 e. The minimum atomic E-state index is -1.18. The Bertz CT molecular complexity index is 968. The molecule has 1 aliphatic heterocycles. The zero-order chi connectivity index (χ0) is 21.3. The van der Waals surface area contributed by atoms with Crippen molar-refractivity contribution in [2.75, 3.05) is 6.61 Å². The fourth-order valence-electron chi connectivity index (χ4n) is 2.86. The van der Waals surface area contributed by atoms with Crippen LogP contribution >= 0.6 is 0 Å². The van der Waals surface area contributed by atoms with Gasteiger partial charge in [0.05, 0.1) is 13.9 Å². The van der Waals surface area contributed by atoms with Crippen LogP contribution in [0.5, 0.6) is 0 Å². The van der Waals surface area contributed by atoms with E-state index in [4.69, 9.17) is 20.3 Å². The Hall–Kier alpha value is -3.15. The van der Waals surface area contributed by atoms with Crippen molar-refractivity contribution >= 4 is 29.1 Å². The molecule has 4 atom stereocenters. The number of imidazole rings is 1. The quantitative estimate of drug-likeness (QED) is 0.394. The van der Waals surface area contributed by atoms with Gasteiger partial charge >= 0.3 is 24.0 Å². The smallest absolute Gasteiger partial charge is 0.310 e. The first-order valence-corrected chi connectivity index (χ1v) is 8.17. The van der Waals surface area contributed by atoms with Crippen LogP contribution in [0, 0.1) is 6.08 Å². The lowest BCUT2D eigenvalue weighted by atomic mass is 10.1. The molecule has 1 saturated heterocycles. The van der Waals surface area contributed by atoms with Gasteiger partial charge in [-0.1, -0.05) is 0 Å².